The van der Waals surface area contributed by atoms with Gasteiger partial charge in [-0.3, -0.25) is 9.59 Å². The lowest BCUT2D eigenvalue weighted by atomic mass is 10.0. The minimum atomic E-state index is -0.295. The molecule has 0 unspecified atom stereocenters. The second-order valence-corrected chi connectivity index (χ2v) is 5.21. The van der Waals surface area contributed by atoms with Crippen LogP contribution >= 0.6 is 0 Å². The fraction of sp³-hybridized carbons (Fsp3) is 0.800. The molecule has 1 aliphatic rings. The fourth-order valence-electron chi connectivity index (χ4n) is 1.67. The predicted molar refractivity (Wildman–Crippen MR) is 65.2 cm³/mol. The van der Waals surface area contributed by atoms with E-state index < -0.39 is 0 Å². The predicted octanol–water partition coefficient (Wildman–Crippen LogP) is -1.07. The third kappa shape index (κ3) is 3.85. The number of rotatable bonds is 1. The Kier molecular flexibility index (Phi) is 3.96. The second-order valence-electron chi connectivity index (χ2n) is 5.21. The number of carbonyl (C=O) groups is 2. The second kappa shape index (κ2) is 4.87. The van der Waals surface area contributed by atoms with E-state index in [0.29, 0.717) is 19.6 Å². The SMILES string of the molecule is BC(=O)N1CCN[C@H](C(=O)NC(C)(C)C)C1. The maximum absolute atomic E-state index is 11.9. The van der Waals surface area contributed by atoms with Gasteiger partial charge in [0.05, 0.1) is 0 Å². The van der Waals surface area contributed by atoms with Crippen molar-refractivity contribution in [2.45, 2.75) is 32.4 Å². The summed E-state index contributed by atoms with van der Waals surface area (Å²) in [6.45, 7) is 7.62. The van der Waals surface area contributed by atoms with Crippen molar-refractivity contribution >= 4 is 19.6 Å². The molecule has 0 spiro atoms. The van der Waals surface area contributed by atoms with Gasteiger partial charge in [0.25, 0.3) is 0 Å². The quantitative estimate of drug-likeness (QED) is 0.558. The van der Waals surface area contributed by atoms with E-state index in [4.69, 9.17) is 0 Å². The molecule has 1 saturated heterocycles. The van der Waals surface area contributed by atoms with Crippen molar-refractivity contribution in [2.24, 2.45) is 0 Å². The Balaban J connectivity index is 2.54. The van der Waals surface area contributed by atoms with Crippen LogP contribution in [0, 0.1) is 0 Å². The first kappa shape index (κ1) is 13.0. The highest BCUT2D eigenvalue weighted by atomic mass is 16.2. The van der Waals surface area contributed by atoms with Gasteiger partial charge in [-0.05, 0) is 20.8 Å². The maximum atomic E-state index is 11.9. The lowest BCUT2D eigenvalue weighted by molar-refractivity contribution is -0.125. The zero-order valence-corrected chi connectivity index (χ0v) is 10.5. The molecule has 2 N–H and O–H groups in total. The fourth-order valence-corrected chi connectivity index (χ4v) is 1.67. The molecular weight excluding hydrogens is 205 g/mol. The Morgan fingerprint density at radius 3 is 2.56 bits per heavy atom. The number of hydrogen-bond donors (Lipinski definition) is 2. The molecule has 1 heterocycles. The number of nitrogens with one attached hydrogen (secondary N) is 2. The Morgan fingerprint density at radius 1 is 1.44 bits per heavy atom. The van der Waals surface area contributed by atoms with Crippen LogP contribution in [-0.4, -0.2) is 55.7 Å². The lowest BCUT2D eigenvalue weighted by Crippen LogP contribution is -2.60. The van der Waals surface area contributed by atoms with E-state index in [1.165, 1.54) is 7.85 Å². The van der Waals surface area contributed by atoms with Gasteiger partial charge in [0.15, 0.2) is 5.81 Å². The number of amides is 2. The van der Waals surface area contributed by atoms with Crippen LogP contribution < -0.4 is 10.6 Å². The Morgan fingerprint density at radius 2 is 2.06 bits per heavy atom. The molecule has 1 fully saturated rings. The smallest absolute Gasteiger partial charge is 0.239 e. The number of hydrogen-bond acceptors (Lipinski definition) is 3. The van der Waals surface area contributed by atoms with Crippen molar-refractivity contribution in [1.82, 2.24) is 15.5 Å². The average molecular weight is 225 g/mol. The topological polar surface area (TPSA) is 61.4 Å². The summed E-state index contributed by atoms with van der Waals surface area (Å²) in [5, 5.41) is 6.03. The van der Waals surface area contributed by atoms with Gasteiger partial charge < -0.3 is 15.5 Å². The van der Waals surface area contributed by atoms with Crippen LogP contribution in [0.2, 0.25) is 0 Å². The first-order valence-electron chi connectivity index (χ1n) is 5.60. The largest absolute Gasteiger partial charge is 0.350 e. The standard InChI is InChI=1S/C10H20BN3O2/c1-10(2,3)13-8(15)7-6-14(9(11)16)5-4-12-7/h7,12H,4-6,11H2,1-3H3,(H,13,15)/t7-/m0/s1. The Bertz CT molecular complexity index is 288. The van der Waals surface area contributed by atoms with Crippen molar-refractivity contribution < 1.29 is 9.59 Å². The summed E-state index contributed by atoms with van der Waals surface area (Å²) >= 11 is 0. The molecule has 0 aromatic carbocycles. The van der Waals surface area contributed by atoms with E-state index in [-0.39, 0.29) is 23.3 Å². The van der Waals surface area contributed by atoms with Crippen LogP contribution in [0.25, 0.3) is 0 Å². The van der Waals surface area contributed by atoms with Gasteiger partial charge in [0.2, 0.25) is 13.8 Å². The summed E-state index contributed by atoms with van der Waals surface area (Å²) in [6, 6.07) is -0.295. The van der Waals surface area contributed by atoms with Crippen LogP contribution in [0.15, 0.2) is 0 Å². The molecule has 5 nitrogen and oxygen atoms in total. The third-order valence-electron chi connectivity index (χ3n) is 2.44. The average Bonchev–Trinajstić information content (AvgIpc) is 2.15. The number of carbonyl (C=O) groups excluding carboxylic acids is 2. The molecule has 16 heavy (non-hydrogen) atoms. The molecule has 0 radical (unpaired) electrons. The highest BCUT2D eigenvalue weighted by molar-refractivity contribution is 6.56. The first-order chi connectivity index (χ1) is 7.29. The minimum Gasteiger partial charge on any atom is -0.350 e. The molecule has 6 heteroatoms. The van der Waals surface area contributed by atoms with Crippen LogP contribution in [0.4, 0.5) is 4.79 Å². The molecule has 1 atom stereocenters. The summed E-state index contributed by atoms with van der Waals surface area (Å²) in [7, 11) is 1.53. The van der Waals surface area contributed by atoms with Gasteiger partial charge in [-0.1, -0.05) is 0 Å². The summed E-state index contributed by atoms with van der Waals surface area (Å²) < 4.78 is 0. The van der Waals surface area contributed by atoms with Crippen molar-refractivity contribution in [2.75, 3.05) is 19.6 Å². The van der Waals surface area contributed by atoms with E-state index in [1.54, 1.807) is 4.90 Å². The molecular formula is C10H20BN3O2. The van der Waals surface area contributed by atoms with Gasteiger partial charge in [-0.2, -0.15) is 0 Å². The van der Waals surface area contributed by atoms with Crippen molar-refractivity contribution in [3.63, 3.8) is 0 Å². The van der Waals surface area contributed by atoms with Gasteiger partial charge in [0, 0.05) is 25.2 Å². The Labute approximate surface area is 97.4 Å². The summed E-state index contributed by atoms with van der Waals surface area (Å²) in [4.78, 5) is 24.8. The van der Waals surface area contributed by atoms with Crippen molar-refractivity contribution in [3.8, 4) is 0 Å². The van der Waals surface area contributed by atoms with Gasteiger partial charge in [-0.15, -0.1) is 0 Å². The molecule has 90 valence electrons. The third-order valence-corrected chi connectivity index (χ3v) is 2.44. The summed E-state index contributed by atoms with van der Waals surface area (Å²) in [6.07, 6.45) is 0. The highest BCUT2D eigenvalue weighted by Gasteiger charge is 2.28. The van der Waals surface area contributed by atoms with E-state index >= 15 is 0 Å². The molecule has 0 bridgehead atoms. The first-order valence-corrected chi connectivity index (χ1v) is 5.60. The highest BCUT2D eigenvalue weighted by Crippen LogP contribution is 2.03. The van der Waals surface area contributed by atoms with Crippen molar-refractivity contribution in [3.05, 3.63) is 0 Å². The van der Waals surface area contributed by atoms with Crippen LogP contribution in [0.5, 0.6) is 0 Å². The van der Waals surface area contributed by atoms with E-state index in [0.717, 1.165) is 0 Å². The van der Waals surface area contributed by atoms with Crippen molar-refractivity contribution in [1.29, 1.82) is 0 Å². The summed E-state index contributed by atoms with van der Waals surface area (Å²) in [5.74, 6) is -0.0199. The van der Waals surface area contributed by atoms with E-state index in [9.17, 15) is 9.59 Å². The van der Waals surface area contributed by atoms with Crippen LogP contribution in [0.3, 0.4) is 0 Å². The number of piperazine rings is 1. The van der Waals surface area contributed by atoms with Gasteiger partial charge in [-0.25, -0.2) is 0 Å². The maximum Gasteiger partial charge on any atom is 0.239 e. The molecule has 1 aliphatic heterocycles. The zero-order chi connectivity index (χ0) is 12.3. The van der Waals surface area contributed by atoms with Crippen LogP contribution in [0.1, 0.15) is 20.8 Å². The lowest BCUT2D eigenvalue weighted by Gasteiger charge is -2.34. The molecule has 0 aromatic rings. The number of nitrogens with zero attached hydrogens (tertiary/aromatic N) is 1. The monoisotopic (exact) mass is 225 g/mol. The van der Waals surface area contributed by atoms with E-state index in [1.807, 2.05) is 20.8 Å². The molecule has 2 amide bonds. The zero-order valence-electron chi connectivity index (χ0n) is 10.5. The van der Waals surface area contributed by atoms with Gasteiger partial charge >= 0.3 is 0 Å². The normalized spacial score (nSPS) is 21.7. The molecule has 0 aliphatic carbocycles. The van der Waals surface area contributed by atoms with E-state index in [2.05, 4.69) is 10.6 Å². The molecule has 0 saturated carbocycles. The van der Waals surface area contributed by atoms with Crippen LogP contribution in [-0.2, 0) is 4.79 Å². The molecule has 0 aromatic heterocycles. The minimum absolute atomic E-state index is 0.0232. The Hall–Kier alpha value is -1.04. The summed E-state index contributed by atoms with van der Waals surface area (Å²) in [5.41, 5.74) is -0.239. The molecule has 1 rings (SSSR count). The van der Waals surface area contributed by atoms with Gasteiger partial charge in [0.1, 0.15) is 6.04 Å².